The molecule has 0 atom stereocenters. The van der Waals surface area contributed by atoms with Crippen molar-refractivity contribution in [3.05, 3.63) is 59.8 Å². The van der Waals surface area contributed by atoms with Gasteiger partial charge < -0.3 is 29.7 Å². The van der Waals surface area contributed by atoms with E-state index in [2.05, 4.69) is 25.5 Å². The van der Waals surface area contributed by atoms with E-state index in [0.717, 1.165) is 30.3 Å². The zero-order valence-corrected chi connectivity index (χ0v) is 18.9. The Kier molecular flexibility index (Phi) is 6.89. The molecule has 0 radical (unpaired) electrons. The summed E-state index contributed by atoms with van der Waals surface area (Å²) in [7, 11) is 3.09. The Morgan fingerprint density at radius 2 is 1.64 bits per heavy atom. The summed E-state index contributed by atoms with van der Waals surface area (Å²) in [6, 6.07) is 14.4. The molecule has 0 unspecified atom stereocenters. The summed E-state index contributed by atoms with van der Waals surface area (Å²) in [5.41, 5.74) is 2.84. The van der Waals surface area contributed by atoms with Crippen LogP contribution in [0.4, 0.5) is 23.1 Å². The fraction of sp³-hybridized carbons (Fsp3) is 0.292. The standard InChI is InChI=1S/C24H27N5O4/c1-16-14-22(29-10-12-33-13-11-29)28-24(25-16)27-19-7-5-18(6-8-19)26-23(30)17-4-9-20(31-2)21(15-17)32-3/h4-9,14-15H,10-13H2,1-3H3,(H,26,30)(H,25,27,28). The Hall–Kier alpha value is -3.85. The molecule has 9 nitrogen and oxygen atoms in total. The minimum Gasteiger partial charge on any atom is -0.493 e. The molecule has 172 valence electrons. The molecule has 2 N–H and O–H groups in total. The highest BCUT2D eigenvalue weighted by atomic mass is 16.5. The van der Waals surface area contributed by atoms with Gasteiger partial charge >= 0.3 is 0 Å². The number of hydrogen-bond donors (Lipinski definition) is 2. The van der Waals surface area contributed by atoms with Crippen LogP contribution in [0.25, 0.3) is 0 Å². The van der Waals surface area contributed by atoms with Gasteiger partial charge in [0.2, 0.25) is 5.95 Å². The largest absolute Gasteiger partial charge is 0.493 e. The van der Waals surface area contributed by atoms with Crippen molar-refractivity contribution in [2.45, 2.75) is 6.92 Å². The zero-order valence-electron chi connectivity index (χ0n) is 18.9. The molecule has 0 saturated carbocycles. The molecule has 0 spiro atoms. The SMILES string of the molecule is COc1ccc(C(=O)Nc2ccc(Nc3nc(C)cc(N4CCOCC4)n3)cc2)cc1OC. The molecule has 3 aromatic rings. The summed E-state index contributed by atoms with van der Waals surface area (Å²) in [5, 5.41) is 6.13. The molecule has 1 aromatic heterocycles. The molecule has 1 amide bonds. The van der Waals surface area contributed by atoms with Gasteiger partial charge in [-0.2, -0.15) is 4.98 Å². The van der Waals surface area contributed by atoms with Gasteiger partial charge in [-0.1, -0.05) is 0 Å². The summed E-state index contributed by atoms with van der Waals surface area (Å²) in [5.74, 6) is 2.23. The summed E-state index contributed by atoms with van der Waals surface area (Å²) in [6.45, 7) is 4.96. The smallest absolute Gasteiger partial charge is 0.255 e. The number of carbonyl (C=O) groups is 1. The van der Waals surface area contributed by atoms with Gasteiger partial charge in [-0.15, -0.1) is 0 Å². The van der Waals surface area contributed by atoms with Crippen molar-refractivity contribution >= 4 is 29.0 Å². The van der Waals surface area contributed by atoms with Crippen LogP contribution in [-0.4, -0.2) is 56.4 Å². The minimum atomic E-state index is -0.242. The first kappa shape index (κ1) is 22.3. The lowest BCUT2D eigenvalue weighted by Crippen LogP contribution is -2.36. The Balaban J connectivity index is 1.42. The number of nitrogens with zero attached hydrogens (tertiary/aromatic N) is 3. The molecule has 0 aliphatic carbocycles. The second-order valence-corrected chi connectivity index (χ2v) is 7.52. The number of morpholine rings is 1. The number of benzene rings is 2. The number of rotatable bonds is 7. The molecule has 2 heterocycles. The number of ether oxygens (including phenoxy) is 3. The molecule has 1 aliphatic rings. The van der Waals surface area contributed by atoms with E-state index in [0.29, 0.717) is 41.9 Å². The first-order valence-corrected chi connectivity index (χ1v) is 10.6. The fourth-order valence-electron chi connectivity index (χ4n) is 3.51. The highest BCUT2D eigenvalue weighted by molar-refractivity contribution is 6.04. The molecular weight excluding hydrogens is 422 g/mol. The van der Waals surface area contributed by atoms with Crippen molar-refractivity contribution in [2.24, 2.45) is 0 Å². The highest BCUT2D eigenvalue weighted by Crippen LogP contribution is 2.28. The van der Waals surface area contributed by atoms with E-state index in [1.54, 1.807) is 25.3 Å². The fourth-order valence-corrected chi connectivity index (χ4v) is 3.51. The van der Waals surface area contributed by atoms with Gasteiger partial charge in [-0.3, -0.25) is 4.79 Å². The summed E-state index contributed by atoms with van der Waals surface area (Å²) < 4.78 is 15.9. The van der Waals surface area contributed by atoms with Crippen LogP contribution in [0.2, 0.25) is 0 Å². The predicted molar refractivity (Wildman–Crippen MR) is 127 cm³/mol. The van der Waals surface area contributed by atoms with E-state index >= 15 is 0 Å². The lowest BCUT2D eigenvalue weighted by atomic mass is 10.1. The van der Waals surface area contributed by atoms with Crippen molar-refractivity contribution in [3.63, 3.8) is 0 Å². The molecule has 9 heteroatoms. The number of carbonyl (C=O) groups excluding carboxylic acids is 1. The number of methoxy groups -OCH3 is 2. The van der Waals surface area contributed by atoms with Crippen LogP contribution >= 0.6 is 0 Å². The number of anilines is 4. The molecule has 0 bridgehead atoms. The van der Waals surface area contributed by atoms with Crippen molar-refractivity contribution < 1.29 is 19.0 Å². The quantitative estimate of drug-likeness (QED) is 0.564. The van der Waals surface area contributed by atoms with Gasteiger partial charge in [0.1, 0.15) is 5.82 Å². The average Bonchev–Trinajstić information content (AvgIpc) is 2.85. The maximum atomic E-state index is 12.6. The number of aromatic nitrogens is 2. The lowest BCUT2D eigenvalue weighted by Gasteiger charge is -2.28. The maximum absolute atomic E-state index is 12.6. The van der Waals surface area contributed by atoms with Gasteiger partial charge in [-0.25, -0.2) is 4.98 Å². The van der Waals surface area contributed by atoms with E-state index in [9.17, 15) is 4.79 Å². The number of nitrogens with one attached hydrogen (secondary N) is 2. The van der Waals surface area contributed by atoms with Gasteiger partial charge in [0.15, 0.2) is 11.5 Å². The Labute approximate surface area is 192 Å². The van der Waals surface area contributed by atoms with Crippen molar-refractivity contribution in [3.8, 4) is 11.5 Å². The predicted octanol–water partition coefficient (Wildman–Crippen LogP) is 3.63. The van der Waals surface area contributed by atoms with Crippen LogP contribution < -0.4 is 25.0 Å². The first-order chi connectivity index (χ1) is 16.1. The van der Waals surface area contributed by atoms with E-state index in [1.165, 1.54) is 7.11 Å². The topological polar surface area (TPSA) is 97.8 Å². The van der Waals surface area contributed by atoms with E-state index in [4.69, 9.17) is 14.2 Å². The van der Waals surface area contributed by atoms with E-state index < -0.39 is 0 Å². The first-order valence-electron chi connectivity index (χ1n) is 10.6. The van der Waals surface area contributed by atoms with E-state index in [-0.39, 0.29) is 5.91 Å². The second-order valence-electron chi connectivity index (χ2n) is 7.52. The third-order valence-electron chi connectivity index (χ3n) is 5.22. The van der Waals surface area contributed by atoms with Gasteiger partial charge in [0, 0.05) is 41.8 Å². The molecule has 2 aromatic carbocycles. The molecule has 1 saturated heterocycles. The van der Waals surface area contributed by atoms with Crippen LogP contribution in [0, 0.1) is 6.92 Å². The monoisotopic (exact) mass is 449 g/mol. The maximum Gasteiger partial charge on any atom is 0.255 e. The van der Waals surface area contributed by atoms with E-state index in [1.807, 2.05) is 37.3 Å². The summed E-state index contributed by atoms with van der Waals surface area (Å²) >= 11 is 0. The van der Waals surface area contributed by atoms with Crippen LogP contribution in [0.3, 0.4) is 0 Å². The third-order valence-corrected chi connectivity index (χ3v) is 5.22. The van der Waals surface area contributed by atoms with Crippen LogP contribution in [0.15, 0.2) is 48.5 Å². The van der Waals surface area contributed by atoms with Gasteiger partial charge in [0.05, 0.1) is 27.4 Å². The molecule has 4 rings (SSSR count). The molecular formula is C24H27N5O4. The van der Waals surface area contributed by atoms with Crippen LogP contribution in [0.5, 0.6) is 11.5 Å². The average molecular weight is 450 g/mol. The third kappa shape index (κ3) is 5.50. The highest BCUT2D eigenvalue weighted by Gasteiger charge is 2.15. The molecule has 33 heavy (non-hydrogen) atoms. The Morgan fingerprint density at radius 3 is 2.33 bits per heavy atom. The minimum absolute atomic E-state index is 0.242. The van der Waals surface area contributed by atoms with Crippen LogP contribution in [-0.2, 0) is 4.74 Å². The summed E-state index contributed by atoms with van der Waals surface area (Å²) in [6.07, 6.45) is 0. The summed E-state index contributed by atoms with van der Waals surface area (Å²) in [4.78, 5) is 24.0. The number of aryl methyl sites for hydroxylation is 1. The van der Waals surface area contributed by atoms with Crippen molar-refractivity contribution in [2.75, 3.05) is 56.1 Å². The second kappa shape index (κ2) is 10.2. The number of amides is 1. The van der Waals surface area contributed by atoms with Crippen LogP contribution in [0.1, 0.15) is 16.1 Å². The molecule has 1 fully saturated rings. The molecule has 1 aliphatic heterocycles. The van der Waals surface area contributed by atoms with Gasteiger partial charge in [0.25, 0.3) is 5.91 Å². The van der Waals surface area contributed by atoms with Crippen molar-refractivity contribution in [1.82, 2.24) is 9.97 Å². The number of hydrogen-bond acceptors (Lipinski definition) is 8. The lowest BCUT2D eigenvalue weighted by molar-refractivity contribution is 0.102. The Bertz CT molecular complexity index is 1110. The Morgan fingerprint density at radius 1 is 0.939 bits per heavy atom. The normalized spacial score (nSPS) is 13.4. The zero-order chi connectivity index (χ0) is 23.2. The van der Waals surface area contributed by atoms with Crippen molar-refractivity contribution in [1.29, 1.82) is 0 Å². The van der Waals surface area contributed by atoms with Gasteiger partial charge in [-0.05, 0) is 49.4 Å².